The Morgan fingerprint density at radius 3 is 2.31 bits per heavy atom. The molecule has 2 atom stereocenters. The molecule has 6 aromatic rings. The van der Waals surface area contributed by atoms with Crippen LogP contribution in [0.1, 0.15) is 56.0 Å². The standard InChI is InChI=1S/C40H48N10O2S2/c1-4-15-41-40-44-25(3)34(36(49-40)50-17-19-52-20-18-50)38-47-30-22-26(12-14-32(30)54-38)8-7-16-42-39-43-24(2)33(37-46-29-9-5-6-10-31(29)53-37)35(48-39)45-28-13-11-27(21-28)23-51/h5-6,9-10,12,14,22,27-28,51H,4,7-8,11,13,15-21,23H2,1-3H3,(H,41,44,49)(H2,42,43,45,48)/t27-,28+/m1/s1. The summed E-state index contributed by atoms with van der Waals surface area (Å²) in [5.74, 6) is 3.34. The van der Waals surface area contributed by atoms with Gasteiger partial charge >= 0.3 is 0 Å². The number of aliphatic hydroxyl groups excluding tert-OH is 1. The summed E-state index contributed by atoms with van der Waals surface area (Å²) in [7, 11) is 0. The highest BCUT2D eigenvalue weighted by molar-refractivity contribution is 7.22. The van der Waals surface area contributed by atoms with Crippen LogP contribution in [-0.2, 0) is 11.2 Å². The Morgan fingerprint density at radius 2 is 1.54 bits per heavy atom. The fourth-order valence-electron chi connectivity index (χ4n) is 7.41. The Hall–Kier alpha value is -4.50. The molecule has 0 radical (unpaired) electrons. The number of aromatic nitrogens is 6. The summed E-state index contributed by atoms with van der Waals surface area (Å²) < 4.78 is 7.95. The summed E-state index contributed by atoms with van der Waals surface area (Å²) in [5, 5.41) is 22.2. The zero-order chi connectivity index (χ0) is 37.0. The maximum absolute atomic E-state index is 9.76. The number of ether oxygens (including phenoxy) is 1. The Labute approximate surface area is 323 Å². The topological polar surface area (TPSA) is 146 Å². The third-order valence-electron chi connectivity index (χ3n) is 10.2. The Morgan fingerprint density at radius 1 is 0.815 bits per heavy atom. The van der Waals surface area contributed by atoms with Gasteiger partial charge in [-0.25, -0.2) is 19.9 Å². The van der Waals surface area contributed by atoms with E-state index in [1.54, 1.807) is 22.7 Å². The predicted molar refractivity (Wildman–Crippen MR) is 221 cm³/mol. The van der Waals surface area contributed by atoms with E-state index in [-0.39, 0.29) is 12.6 Å². The smallest absolute Gasteiger partial charge is 0.224 e. The van der Waals surface area contributed by atoms with E-state index in [1.165, 1.54) is 5.56 Å². The first-order valence-electron chi connectivity index (χ1n) is 19.2. The lowest BCUT2D eigenvalue weighted by Gasteiger charge is -2.29. The van der Waals surface area contributed by atoms with Gasteiger partial charge < -0.3 is 30.7 Å². The van der Waals surface area contributed by atoms with Crippen molar-refractivity contribution < 1.29 is 9.84 Å². The first kappa shape index (κ1) is 36.5. The second-order valence-electron chi connectivity index (χ2n) is 14.3. The number of hydrogen-bond donors (Lipinski definition) is 4. The highest BCUT2D eigenvalue weighted by Crippen LogP contribution is 2.40. The normalized spacial score (nSPS) is 17.4. The largest absolute Gasteiger partial charge is 0.396 e. The number of aryl methyl sites for hydroxylation is 3. The van der Waals surface area contributed by atoms with Crippen molar-refractivity contribution >= 4 is 66.6 Å². The minimum Gasteiger partial charge on any atom is -0.396 e. The van der Waals surface area contributed by atoms with Gasteiger partial charge in [-0.3, -0.25) is 0 Å². The highest BCUT2D eigenvalue weighted by Gasteiger charge is 2.27. The predicted octanol–water partition coefficient (Wildman–Crippen LogP) is 7.71. The molecule has 2 fully saturated rings. The quantitative estimate of drug-likeness (QED) is 0.0806. The summed E-state index contributed by atoms with van der Waals surface area (Å²) in [6, 6.07) is 15.1. The molecular formula is C40H48N10O2S2. The lowest BCUT2D eigenvalue weighted by molar-refractivity contribution is 0.122. The van der Waals surface area contributed by atoms with E-state index in [1.807, 2.05) is 25.1 Å². The van der Waals surface area contributed by atoms with Crippen molar-refractivity contribution in [1.29, 1.82) is 0 Å². The SMILES string of the molecule is CCCNc1nc(C)c(-c2nc3cc(CCCNc4nc(C)c(-c5nc6ccccc6s5)c(N[C@H]5CC[C@@H](CO)C5)n4)ccc3s2)c(N2CCOCC2)n1. The fraction of sp³-hybridized carbons (Fsp3) is 0.450. The lowest BCUT2D eigenvalue weighted by atomic mass is 10.1. The second-order valence-corrected chi connectivity index (χ2v) is 16.3. The van der Waals surface area contributed by atoms with Gasteiger partial charge in [-0.2, -0.15) is 9.97 Å². The van der Waals surface area contributed by atoms with Gasteiger partial charge in [0, 0.05) is 38.8 Å². The summed E-state index contributed by atoms with van der Waals surface area (Å²) in [6.45, 7) is 11.0. The molecule has 5 heterocycles. The average molecular weight is 765 g/mol. The minimum atomic E-state index is 0.227. The molecule has 0 bridgehead atoms. The molecule has 0 spiro atoms. The molecule has 1 aliphatic carbocycles. The molecule has 1 saturated carbocycles. The van der Waals surface area contributed by atoms with Gasteiger partial charge in [0.2, 0.25) is 11.9 Å². The molecule has 2 aromatic carbocycles. The van der Waals surface area contributed by atoms with Crippen LogP contribution in [0.2, 0.25) is 0 Å². The van der Waals surface area contributed by atoms with Gasteiger partial charge in [0.25, 0.3) is 0 Å². The molecule has 282 valence electrons. The van der Waals surface area contributed by atoms with E-state index in [0.29, 0.717) is 31.0 Å². The molecule has 0 unspecified atom stereocenters. The van der Waals surface area contributed by atoms with Crippen molar-refractivity contribution in [2.45, 2.75) is 65.3 Å². The number of nitrogens with one attached hydrogen (secondary N) is 3. The highest BCUT2D eigenvalue weighted by atomic mass is 32.1. The molecule has 4 N–H and O–H groups in total. The molecule has 1 saturated heterocycles. The molecule has 4 aromatic heterocycles. The van der Waals surface area contributed by atoms with Crippen LogP contribution >= 0.6 is 22.7 Å². The number of thiazole rings is 2. The maximum atomic E-state index is 9.76. The summed E-state index contributed by atoms with van der Waals surface area (Å²) in [5.41, 5.74) is 6.99. The number of rotatable bonds is 14. The van der Waals surface area contributed by atoms with Crippen LogP contribution in [0, 0.1) is 19.8 Å². The monoisotopic (exact) mass is 764 g/mol. The van der Waals surface area contributed by atoms with E-state index in [4.69, 9.17) is 34.6 Å². The Kier molecular flexibility index (Phi) is 11.1. The number of anilines is 4. The number of benzene rings is 2. The molecule has 8 rings (SSSR count). The molecule has 54 heavy (non-hydrogen) atoms. The first-order valence-corrected chi connectivity index (χ1v) is 20.8. The minimum absolute atomic E-state index is 0.227. The third-order valence-corrected chi connectivity index (χ3v) is 12.4. The number of nitrogens with zero attached hydrogens (tertiary/aromatic N) is 7. The van der Waals surface area contributed by atoms with Crippen molar-refractivity contribution in [2.24, 2.45) is 5.92 Å². The maximum Gasteiger partial charge on any atom is 0.224 e. The number of aliphatic hydroxyl groups is 1. The van der Waals surface area contributed by atoms with Crippen LogP contribution < -0.4 is 20.9 Å². The van der Waals surface area contributed by atoms with Gasteiger partial charge in [-0.05, 0) is 88.1 Å². The molecule has 14 heteroatoms. The van der Waals surface area contributed by atoms with Gasteiger partial charge in [-0.15, -0.1) is 22.7 Å². The van der Waals surface area contributed by atoms with Crippen molar-refractivity contribution in [1.82, 2.24) is 29.9 Å². The zero-order valence-corrected chi connectivity index (χ0v) is 32.8. The number of para-hydroxylation sites is 1. The molecule has 2 aliphatic rings. The van der Waals surface area contributed by atoms with Gasteiger partial charge in [0.1, 0.15) is 21.7 Å². The van der Waals surface area contributed by atoms with Gasteiger partial charge in [-0.1, -0.05) is 25.1 Å². The van der Waals surface area contributed by atoms with Crippen LogP contribution in [0.15, 0.2) is 42.5 Å². The van der Waals surface area contributed by atoms with E-state index < -0.39 is 0 Å². The van der Waals surface area contributed by atoms with Crippen LogP contribution in [0.25, 0.3) is 41.6 Å². The van der Waals surface area contributed by atoms with Crippen molar-refractivity contribution in [2.75, 3.05) is 66.8 Å². The fourth-order valence-corrected chi connectivity index (χ4v) is 9.52. The van der Waals surface area contributed by atoms with Crippen LogP contribution in [0.4, 0.5) is 23.5 Å². The third kappa shape index (κ3) is 7.97. The van der Waals surface area contributed by atoms with Crippen molar-refractivity contribution in [3.05, 3.63) is 59.4 Å². The zero-order valence-electron chi connectivity index (χ0n) is 31.2. The second kappa shape index (κ2) is 16.5. The number of morpholine rings is 1. The number of fused-ring (bicyclic) bond motifs is 2. The van der Waals surface area contributed by atoms with Gasteiger partial charge in [0.15, 0.2) is 0 Å². The molecule has 12 nitrogen and oxygen atoms in total. The number of hydrogen-bond acceptors (Lipinski definition) is 14. The van der Waals surface area contributed by atoms with E-state index in [2.05, 4.69) is 59.0 Å². The molecular weight excluding hydrogens is 717 g/mol. The van der Waals surface area contributed by atoms with Crippen LogP contribution in [0.5, 0.6) is 0 Å². The molecule has 0 amide bonds. The van der Waals surface area contributed by atoms with Gasteiger partial charge in [0.05, 0.1) is 56.2 Å². The van der Waals surface area contributed by atoms with Crippen molar-refractivity contribution in [3.8, 4) is 21.1 Å². The van der Waals surface area contributed by atoms with Crippen molar-refractivity contribution in [3.63, 3.8) is 0 Å². The molecule has 1 aliphatic heterocycles. The average Bonchev–Trinajstić information content (AvgIpc) is 3.94. The van der Waals surface area contributed by atoms with E-state index in [9.17, 15) is 5.11 Å². The lowest BCUT2D eigenvalue weighted by Crippen LogP contribution is -2.37. The first-order chi connectivity index (χ1) is 26.4. The van der Waals surface area contributed by atoms with E-state index in [0.717, 1.165) is 129 Å². The van der Waals surface area contributed by atoms with E-state index >= 15 is 0 Å². The Bertz CT molecular complexity index is 2200. The van der Waals surface area contributed by atoms with Crippen LogP contribution in [0.3, 0.4) is 0 Å². The Balaban J connectivity index is 0.976. The summed E-state index contributed by atoms with van der Waals surface area (Å²) >= 11 is 3.36. The summed E-state index contributed by atoms with van der Waals surface area (Å²) in [4.78, 5) is 32.1. The van der Waals surface area contributed by atoms with Crippen LogP contribution in [-0.4, -0.2) is 87.1 Å². The summed E-state index contributed by atoms with van der Waals surface area (Å²) in [6.07, 6.45) is 5.76.